The van der Waals surface area contributed by atoms with Gasteiger partial charge in [0.2, 0.25) is 11.1 Å². The van der Waals surface area contributed by atoms with Gasteiger partial charge in [-0.1, -0.05) is 66.4 Å². The Hall–Kier alpha value is -3.65. The zero-order valence-corrected chi connectivity index (χ0v) is 19.6. The maximum absolute atomic E-state index is 13.6. The molecule has 1 N–H and O–H groups in total. The first-order chi connectivity index (χ1) is 16.5. The maximum atomic E-state index is 13.6. The lowest BCUT2D eigenvalue weighted by molar-refractivity contribution is -0.139. The summed E-state index contributed by atoms with van der Waals surface area (Å²) in [7, 11) is 0. The summed E-state index contributed by atoms with van der Waals surface area (Å²) in [5, 5.41) is 10.9. The van der Waals surface area contributed by atoms with Crippen molar-refractivity contribution in [2.75, 3.05) is 11.9 Å². The van der Waals surface area contributed by atoms with Crippen molar-refractivity contribution in [1.29, 1.82) is 0 Å². The van der Waals surface area contributed by atoms with E-state index in [0.29, 0.717) is 28.1 Å². The van der Waals surface area contributed by atoms with Gasteiger partial charge in [-0.05, 0) is 47.9 Å². The lowest BCUT2D eigenvalue weighted by Gasteiger charge is -2.28. The number of allylic oxidation sites excluding steroid dienone is 1. The highest BCUT2D eigenvalue weighted by Gasteiger charge is 2.35. The second kappa shape index (κ2) is 9.30. The van der Waals surface area contributed by atoms with E-state index < -0.39 is 12.0 Å². The minimum atomic E-state index is -0.571. The molecule has 6 nitrogen and oxygen atoms in total. The molecule has 1 aliphatic rings. The number of aromatic nitrogens is 3. The largest absolute Gasteiger partial charge is 0.463 e. The molecule has 0 bridgehead atoms. The first-order valence-electron chi connectivity index (χ1n) is 11.0. The summed E-state index contributed by atoms with van der Waals surface area (Å²) in [6, 6.07) is 20.1. The first kappa shape index (κ1) is 22.2. The highest BCUT2D eigenvalue weighted by Crippen LogP contribution is 2.37. The third-order valence-electron chi connectivity index (χ3n) is 5.70. The van der Waals surface area contributed by atoms with Crippen LogP contribution in [0, 0.1) is 5.82 Å². The fraction of sp³-hybridized carbons (Fsp3) is 0.192. The third kappa shape index (κ3) is 4.28. The molecule has 0 aliphatic carbocycles. The van der Waals surface area contributed by atoms with Crippen LogP contribution in [0.4, 0.5) is 10.3 Å². The van der Waals surface area contributed by atoms with Gasteiger partial charge in [0.1, 0.15) is 11.9 Å². The Bertz CT molecular complexity index is 1400. The predicted molar refractivity (Wildman–Crippen MR) is 131 cm³/mol. The van der Waals surface area contributed by atoms with Gasteiger partial charge in [-0.2, -0.15) is 4.98 Å². The number of ether oxygens (including phenoxy) is 1. The number of rotatable bonds is 6. The molecule has 1 aliphatic heterocycles. The fourth-order valence-corrected chi connectivity index (χ4v) is 4.87. The van der Waals surface area contributed by atoms with E-state index in [1.807, 2.05) is 19.1 Å². The average molecular weight is 475 g/mol. The van der Waals surface area contributed by atoms with Crippen molar-refractivity contribution >= 4 is 34.5 Å². The molecule has 0 amide bonds. The molecule has 172 valence electrons. The standard InChI is InChI=1S/C26H23FN4O2S/c1-3-33-24(32)22-16(2)28-25-29-26(30-31(25)23(22)19-10-12-21(27)13-11-19)34-15-17-8-9-18-6-4-5-7-20(18)14-17/h4-14,23H,3,15H2,1-2H3,(H,28,29,30)/t23-/m1/s1. The Kier molecular flexibility index (Phi) is 6.06. The molecule has 5 rings (SSSR count). The number of nitrogens with one attached hydrogen (secondary N) is 1. The number of esters is 1. The van der Waals surface area contributed by atoms with Crippen LogP contribution in [0.3, 0.4) is 0 Å². The number of anilines is 1. The van der Waals surface area contributed by atoms with Crippen LogP contribution in [-0.2, 0) is 15.3 Å². The molecule has 34 heavy (non-hydrogen) atoms. The molecular weight excluding hydrogens is 451 g/mol. The number of hydrogen-bond donors (Lipinski definition) is 1. The molecule has 0 unspecified atom stereocenters. The quantitative estimate of drug-likeness (QED) is 0.285. The predicted octanol–water partition coefficient (Wildman–Crippen LogP) is 5.71. The Balaban J connectivity index is 1.46. The lowest BCUT2D eigenvalue weighted by atomic mass is 9.96. The smallest absolute Gasteiger partial charge is 0.338 e. The van der Waals surface area contributed by atoms with Crippen molar-refractivity contribution in [2.45, 2.75) is 30.8 Å². The zero-order chi connectivity index (χ0) is 23.7. The molecule has 0 saturated carbocycles. The van der Waals surface area contributed by atoms with Crippen molar-refractivity contribution in [3.63, 3.8) is 0 Å². The SMILES string of the molecule is CCOC(=O)C1=C(C)Nc2nc(SCc3ccc4ccccc4c3)nn2[C@@H]1c1ccc(F)cc1. The Morgan fingerprint density at radius 1 is 1.12 bits per heavy atom. The first-order valence-corrected chi connectivity index (χ1v) is 12.0. The molecule has 0 radical (unpaired) electrons. The van der Waals surface area contributed by atoms with Crippen LogP contribution in [0.15, 0.2) is 83.2 Å². The highest BCUT2D eigenvalue weighted by atomic mass is 32.2. The molecule has 0 spiro atoms. The van der Waals surface area contributed by atoms with E-state index >= 15 is 0 Å². The molecule has 0 fully saturated rings. The van der Waals surface area contributed by atoms with Gasteiger partial charge in [-0.3, -0.25) is 0 Å². The van der Waals surface area contributed by atoms with Gasteiger partial charge in [0.15, 0.2) is 0 Å². The molecule has 8 heteroatoms. The molecular formula is C26H23FN4O2S. The second-order valence-electron chi connectivity index (χ2n) is 7.97. The number of halogens is 1. The zero-order valence-electron chi connectivity index (χ0n) is 18.8. The summed E-state index contributed by atoms with van der Waals surface area (Å²) in [5.74, 6) is 0.447. The van der Waals surface area contributed by atoms with Crippen LogP contribution in [0.2, 0.25) is 0 Å². The van der Waals surface area contributed by atoms with Gasteiger partial charge in [-0.25, -0.2) is 13.9 Å². The molecule has 1 aromatic heterocycles. The van der Waals surface area contributed by atoms with Crippen molar-refractivity contribution in [2.24, 2.45) is 0 Å². The van der Waals surface area contributed by atoms with Crippen molar-refractivity contribution in [1.82, 2.24) is 14.8 Å². The Morgan fingerprint density at radius 3 is 2.65 bits per heavy atom. The average Bonchev–Trinajstić information content (AvgIpc) is 3.25. The van der Waals surface area contributed by atoms with Gasteiger partial charge in [0.05, 0.1) is 12.2 Å². The number of benzene rings is 3. The van der Waals surface area contributed by atoms with Crippen LogP contribution in [0.25, 0.3) is 10.8 Å². The molecule has 2 heterocycles. The van der Waals surface area contributed by atoms with Crippen molar-refractivity contribution in [3.8, 4) is 0 Å². The molecule has 0 saturated heterocycles. The Labute approximate surface area is 200 Å². The third-order valence-corrected chi connectivity index (χ3v) is 6.60. The normalized spacial score (nSPS) is 15.2. The number of hydrogen-bond acceptors (Lipinski definition) is 6. The summed E-state index contributed by atoms with van der Waals surface area (Å²) in [6.45, 7) is 3.82. The highest BCUT2D eigenvalue weighted by molar-refractivity contribution is 7.98. The van der Waals surface area contributed by atoms with Crippen LogP contribution >= 0.6 is 11.8 Å². The van der Waals surface area contributed by atoms with E-state index in [4.69, 9.17) is 9.84 Å². The van der Waals surface area contributed by atoms with Gasteiger partial charge in [0.25, 0.3) is 0 Å². The number of fused-ring (bicyclic) bond motifs is 2. The number of nitrogens with zero attached hydrogens (tertiary/aromatic N) is 3. The van der Waals surface area contributed by atoms with E-state index in [1.54, 1.807) is 23.7 Å². The van der Waals surface area contributed by atoms with Crippen LogP contribution < -0.4 is 5.32 Å². The van der Waals surface area contributed by atoms with Gasteiger partial charge in [0, 0.05) is 11.4 Å². The van der Waals surface area contributed by atoms with E-state index in [1.165, 1.54) is 40.2 Å². The van der Waals surface area contributed by atoms with Crippen LogP contribution in [0.1, 0.15) is 31.0 Å². The fourth-order valence-electron chi connectivity index (χ4n) is 4.10. The topological polar surface area (TPSA) is 69.0 Å². The minimum absolute atomic E-state index is 0.253. The van der Waals surface area contributed by atoms with Crippen LogP contribution in [0.5, 0.6) is 0 Å². The minimum Gasteiger partial charge on any atom is -0.463 e. The molecule has 1 atom stereocenters. The summed E-state index contributed by atoms with van der Waals surface area (Å²) in [5.41, 5.74) is 2.96. The maximum Gasteiger partial charge on any atom is 0.338 e. The lowest BCUT2D eigenvalue weighted by Crippen LogP contribution is -2.29. The van der Waals surface area contributed by atoms with E-state index in [0.717, 1.165) is 5.56 Å². The second-order valence-corrected chi connectivity index (χ2v) is 8.91. The molecule has 3 aromatic carbocycles. The van der Waals surface area contributed by atoms with E-state index in [2.05, 4.69) is 40.6 Å². The number of carbonyl (C=O) groups is 1. The number of carbonyl (C=O) groups excluding carboxylic acids is 1. The van der Waals surface area contributed by atoms with Crippen molar-refractivity contribution in [3.05, 3.63) is 94.9 Å². The van der Waals surface area contributed by atoms with Crippen molar-refractivity contribution < 1.29 is 13.9 Å². The van der Waals surface area contributed by atoms with Crippen LogP contribution in [-0.4, -0.2) is 27.3 Å². The monoisotopic (exact) mass is 474 g/mol. The van der Waals surface area contributed by atoms with Gasteiger partial charge < -0.3 is 10.1 Å². The summed E-state index contributed by atoms with van der Waals surface area (Å²) >= 11 is 1.52. The van der Waals surface area contributed by atoms with Gasteiger partial charge in [-0.15, -0.1) is 5.10 Å². The summed E-state index contributed by atoms with van der Waals surface area (Å²) in [4.78, 5) is 17.5. The van der Waals surface area contributed by atoms with E-state index in [-0.39, 0.29) is 12.4 Å². The summed E-state index contributed by atoms with van der Waals surface area (Å²) in [6.07, 6.45) is 0. The summed E-state index contributed by atoms with van der Waals surface area (Å²) < 4.78 is 20.6. The number of thioether (sulfide) groups is 1. The van der Waals surface area contributed by atoms with Gasteiger partial charge >= 0.3 is 5.97 Å². The molecule has 4 aromatic rings. The Morgan fingerprint density at radius 2 is 1.88 bits per heavy atom. The van der Waals surface area contributed by atoms with E-state index in [9.17, 15) is 9.18 Å².